The SMILES string of the molecule is CC(C)(C)N(CCN(CCN)CCN)C(=O)O. The van der Waals surface area contributed by atoms with Crippen LogP contribution in [-0.2, 0) is 0 Å². The highest BCUT2D eigenvalue weighted by atomic mass is 16.4. The fourth-order valence-electron chi connectivity index (χ4n) is 1.66. The Labute approximate surface area is 104 Å². The van der Waals surface area contributed by atoms with E-state index >= 15 is 0 Å². The van der Waals surface area contributed by atoms with E-state index in [0.29, 0.717) is 26.2 Å². The third kappa shape index (κ3) is 6.45. The van der Waals surface area contributed by atoms with Gasteiger partial charge in [-0.2, -0.15) is 0 Å². The van der Waals surface area contributed by atoms with Crippen LogP contribution in [0.4, 0.5) is 4.79 Å². The predicted molar refractivity (Wildman–Crippen MR) is 69.0 cm³/mol. The molecule has 0 saturated carbocycles. The van der Waals surface area contributed by atoms with Crippen LogP contribution in [-0.4, -0.2) is 65.8 Å². The minimum Gasteiger partial charge on any atom is -0.465 e. The fraction of sp³-hybridized carbons (Fsp3) is 0.909. The normalized spacial score (nSPS) is 11.9. The van der Waals surface area contributed by atoms with Crippen molar-refractivity contribution >= 4 is 6.09 Å². The molecule has 0 aromatic rings. The molecule has 0 spiro atoms. The zero-order valence-electron chi connectivity index (χ0n) is 11.1. The Morgan fingerprint density at radius 2 is 1.53 bits per heavy atom. The Morgan fingerprint density at radius 3 is 1.82 bits per heavy atom. The second-order valence-corrected chi connectivity index (χ2v) is 5.02. The van der Waals surface area contributed by atoms with Crippen LogP contribution in [0.3, 0.4) is 0 Å². The van der Waals surface area contributed by atoms with E-state index in [0.717, 1.165) is 13.1 Å². The summed E-state index contributed by atoms with van der Waals surface area (Å²) in [5.41, 5.74) is 10.6. The average Bonchev–Trinajstić information content (AvgIpc) is 2.15. The highest BCUT2D eigenvalue weighted by molar-refractivity contribution is 5.65. The Bertz CT molecular complexity index is 222. The topological polar surface area (TPSA) is 95.8 Å². The minimum absolute atomic E-state index is 0.386. The molecule has 0 aliphatic heterocycles. The Balaban J connectivity index is 4.32. The van der Waals surface area contributed by atoms with Crippen molar-refractivity contribution in [3.63, 3.8) is 0 Å². The zero-order valence-corrected chi connectivity index (χ0v) is 11.1. The second-order valence-electron chi connectivity index (χ2n) is 5.02. The number of hydrogen-bond acceptors (Lipinski definition) is 4. The number of carbonyl (C=O) groups is 1. The lowest BCUT2D eigenvalue weighted by atomic mass is 10.1. The maximum Gasteiger partial charge on any atom is 0.407 e. The van der Waals surface area contributed by atoms with E-state index < -0.39 is 6.09 Å². The molecule has 0 aliphatic rings. The van der Waals surface area contributed by atoms with Gasteiger partial charge in [-0.1, -0.05) is 0 Å². The number of amides is 1. The first kappa shape index (κ1) is 16.1. The Hall–Kier alpha value is -0.850. The summed E-state index contributed by atoms with van der Waals surface area (Å²) in [5, 5.41) is 9.14. The number of hydrogen-bond donors (Lipinski definition) is 3. The lowest BCUT2D eigenvalue weighted by molar-refractivity contribution is 0.0915. The van der Waals surface area contributed by atoms with Crippen LogP contribution in [0.2, 0.25) is 0 Å². The highest BCUT2D eigenvalue weighted by Gasteiger charge is 2.25. The molecule has 0 heterocycles. The van der Waals surface area contributed by atoms with Gasteiger partial charge in [-0.05, 0) is 20.8 Å². The van der Waals surface area contributed by atoms with Crippen molar-refractivity contribution < 1.29 is 9.90 Å². The van der Waals surface area contributed by atoms with Crippen molar-refractivity contribution in [3.8, 4) is 0 Å². The summed E-state index contributed by atoms with van der Waals surface area (Å²) >= 11 is 0. The number of nitrogens with zero attached hydrogens (tertiary/aromatic N) is 2. The highest BCUT2D eigenvalue weighted by Crippen LogP contribution is 2.12. The molecule has 0 rings (SSSR count). The van der Waals surface area contributed by atoms with Crippen LogP contribution in [0.1, 0.15) is 20.8 Å². The van der Waals surface area contributed by atoms with Crippen molar-refractivity contribution in [1.29, 1.82) is 0 Å². The van der Waals surface area contributed by atoms with Gasteiger partial charge in [-0.25, -0.2) is 4.79 Å². The summed E-state index contributed by atoms with van der Waals surface area (Å²) in [5.74, 6) is 0. The van der Waals surface area contributed by atoms with E-state index in [1.54, 1.807) is 0 Å². The number of nitrogens with two attached hydrogens (primary N) is 2. The van der Waals surface area contributed by atoms with Crippen molar-refractivity contribution in [2.24, 2.45) is 11.5 Å². The summed E-state index contributed by atoms with van der Waals surface area (Å²) in [7, 11) is 0. The maximum atomic E-state index is 11.1. The van der Waals surface area contributed by atoms with E-state index in [1.165, 1.54) is 4.90 Å². The molecule has 0 aromatic carbocycles. The molecule has 0 bridgehead atoms. The van der Waals surface area contributed by atoms with E-state index in [9.17, 15) is 4.79 Å². The largest absolute Gasteiger partial charge is 0.465 e. The molecule has 5 N–H and O–H groups in total. The molecule has 0 unspecified atom stereocenters. The molecule has 0 aliphatic carbocycles. The molecule has 1 amide bonds. The van der Waals surface area contributed by atoms with Crippen LogP contribution >= 0.6 is 0 Å². The first-order chi connectivity index (χ1) is 7.82. The van der Waals surface area contributed by atoms with Gasteiger partial charge in [-0.15, -0.1) is 0 Å². The van der Waals surface area contributed by atoms with Crippen LogP contribution in [0.25, 0.3) is 0 Å². The van der Waals surface area contributed by atoms with Gasteiger partial charge in [0.05, 0.1) is 0 Å². The average molecular weight is 246 g/mol. The van der Waals surface area contributed by atoms with Crippen molar-refractivity contribution in [2.45, 2.75) is 26.3 Å². The summed E-state index contributed by atoms with van der Waals surface area (Å²) in [6.07, 6.45) is -0.891. The van der Waals surface area contributed by atoms with E-state index in [4.69, 9.17) is 16.6 Å². The van der Waals surface area contributed by atoms with Gasteiger partial charge in [0, 0.05) is 44.8 Å². The molecule has 102 valence electrons. The molecule has 6 heteroatoms. The van der Waals surface area contributed by atoms with E-state index in [-0.39, 0.29) is 5.54 Å². The van der Waals surface area contributed by atoms with Crippen molar-refractivity contribution in [2.75, 3.05) is 39.3 Å². The zero-order chi connectivity index (χ0) is 13.5. The molecular weight excluding hydrogens is 220 g/mol. The molecular formula is C11H26N4O2. The molecule has 0 fully saturated rings. The molecule has 6 nitrogen and oxygen atoms in total. The summed E-state index contributed by atoms with van der Waals surface area (Å²) in [6.45, 7) is 9.40. The Kier molecular flexibility index (Phi) is 7.10. The summed E-state index contributed by atoms with van der Waals surface area (Å²) in [4.78, 5) is 14.7. The van der Waals surface area contributed by atoms with Gasteiger partial charge in [0.25, 0.3) is 0 Å². The van der Waals surface area contributed by atoms with Gasteiger partial charge < -0.3 is 21.5 Å². The van der Waals surface area contributed by atoms with Crippen LogP contribution in [0.5, 0.6) is 0 Å². The number of rotatable bonds is 7. The molecule has 0 atom stereocenters. The minimum atomic E-state index is -0.891. The van der Waals surface area contributed by atoms with Crippen LogP contribution < -0.4 is 11.5 Å². The van der Waals surface area contributed by atoms with Crippen LogP contribution in [0.15, 0.2) is 0 Å². The van der Waals surface area contributed by atoms with E-state index in [1.807, 2.05) is 20.8 Å². The van der Waals surface area contributed by atoms with Crippen molar-refractivity contribution in [1.82, 2.24) is 9.80 Å². The van der Waals surface area contributed by atoms with Gasteiger partial charge >= 0.3 is 6.09 Å². The molecule has 0 saturated heterocycles. The lowest BCUT2D eigenvalue weighted by Gasteiger charge is -2.35. The monoisotopic (exact) mass is 246 g/mol. The molecule has 0 aromatic heterocycles. The van der Waals surface area contributed by atoms with Crippen LogP contribution in [0, 0.1) is 0 Å². The lowest BCUT2D eigenvalue weighted by Crippen LogP contribution is -2.49. The number of carboxylic acid groups (broad SMARTS) is 1. The van der Waals surface area contributed by atoms with Gasteiger partial charge in [0.1, 0.15) is 0 Å². The van der Waals surface area contributed by atoms with Gasteiger partial charge in [-0.3, -0.25) is 4.90 Å². The first-order valence-electron chi connectivity index (χ1n) is 5.96. The van der Waals surface area contributed by atoms with Crippen molar-refractivity contribution in [3.05, 3.63) is 0 Å². The quantitative estimate of drug-likeness (QED) is 0.587. The Morgan fingerprint density at radius 1 is 1.06 bits per heavy atom. The predicted octanol–water partition coefficient (Wildman–Crippen LogP) is -0.0157. The van der Waals surface area contributed by atoms with Gasteiger partial charge in [0.15, 0.2) is 0 Å². The summed E-state index contributed by atoms with van der Waals surface area (Å²) in [6, 6.07) is 0. The standard InChI is InChI=1S/C11H26N4O2/c1-11(2,3)15(10(16)17)9-8-14(6-4-12)7-5-13/h4-9,12-13H2,1-3H3,(H,16,17). The van der Waals surface area contributed by atoms with E-state index in [2.05, 4.69) is 4.90 Å². The first-order valence-corrected chi connectivity index (χ1v) is 5.96. The molecule has 0 radical (unpaired) electrons. The van der Waals surface area contributed by atoms with Gasteiger partial charge in [0.2, 0.25) is 0 Å². The summed E-state index contributed by atoms with van der Waals surface area (Å²) < 4.78 is 0. The molecule has 17 heavy (non-hydrogen) atoms. The third-order valence-corrected chi connectivity index (χ3v) is 2.57. The second kappa shape index (κ2) is 7.47. The fourth-order valence-corrected chi connectivity index (χ4v) is 1.66. The third-order valence-electron chi connectivity index (χ3n) is 2.57. The smallest absolute Gasteiger partial charge is 0.407 e. The maximum absolute atomic E-state index is 11.1.